The fraction of sp³-hybridized carbons (Fsp3) is 0.476. The largest absolute Gasteiger partial charge is 1.00 e. The number of ether oxygens (including phenoxy) is 1. The summed E-state index contributed by atoms with van der Waals surface area (Å²) in [6.07, 6.45) is 0.0618. The third-order valence-corrected chi connectivity index (χ3v) is 4.77. The number of benzene rings is 1. The zero-order valence-corrected chi connectivity index (χ0v) is 20.5. The molecule has 0 radical (unpaired) electrons. The molecule has 0 saturated carbocycles. The van der Waals surface area contributed by atoms with E-state index in [4.69, 9.17) is 0 Å². The van der Waals surface area contributed by atoms with Crippen LogP contribution >= 0.6 is 0 Å². The first-order chi connectivity index (χ1) is 14.3. The molecular formula is C21H29FN3NaO5. The summed E-state index contributed by atoms with van der Waals surface area (Å²) in [5, 5.41) is 11.2. The number of fused-ring (bicyclic) bond motifs is 1. The first-order valence-electron chi connectivity index (χ1n) is 10.1. The van der Waals surface area contributed by atoms with E-state index in [9.17, 15) is 23.9 Å². The maximum absolute atomic E-state index is 13.4. The van der Waals surface area contributed by atoms with E-state index in [2.05, 4.69) is 10.2 Å². The number of aromatic nitrogens is 1. The van der Waals surface area contributed by atoms with Crippen LogP contribution in [0.4, 0.5) is 9.18 Å². The fourth-order valence-electron chi connectivity index (χ4n) is 3.13. The topological polar surface area (TPSA) is 101 Å². The maximum Gasteiger partial charge on any atom is 1.00 e. The van der Waals surface area contributed by atoms with Crippen molar-refractivity contribution in [1.29, 1.82) is 0 Å². The van der Waals surface area contributed by atoms with Gasteiger partial charge in [0.15, 0.2) is 0 Å². The van der Waals surface area contributed by atoms with Gasteiger partial charge in [0.05, 0.1) is 5.52 Å². The molecule has 0 fully saturated rings. The molecule has 2 N–H and O–H groups in total. The number of pyridine rings is 1. The number of alkyl halides is 1. The number of nitrogens with one attached hydrogen (secondary N) is 1. The van der Waals surface area contributed by atoms with Crippen molar-refractivity contribution in [2.45, 2.75) is 52.9 Å². The van der Waals surface area contributed by atoms with Gasteiger partial charge in [0.25, 0.3) is 0 Å². The van der Waals surface area contributed by atoms with Crippen molar-refractivity contribution >= 4 is 23.0 Å². The van der Waals surface area contributed by atoms with Gasteiger partial charge < -0.3 is 15.8 Å². The number of nitrogens with zero attached hydrogens (tertiary/aromatic N) is 2. The number of hydrogen-bond donors (Lipinski definition) is 2. The smallest absolute Gasteiger partial charge is 1.00 e. The molecule has 1 aromatic heterocycles. The van der Waals surface area contributed by atoms with Gasteiger partial charge in [-0.1, -0.05) is 19.9 Å². The number of carbonyl (C=O) groups excluding carboxylic acids is 1. The summed E-state index contributed by atoms with van der Waals surface area (Å²) < 4.78 is 19.8. The number of rotatable bonds is 10. The Hall–Kier alpha value is -1.94. The molecule has 31 heavy (non-hydrogen) atoms. The summed E-state index contributed by atoms with van der Waals surface area (Å²) in [5.41, 5.74) is 3.19. The van der Waals surface area contributed by atoms with Crippen LogP contribution in [-0.2, 0) is 17.7 Å². The molecule has 1 amide bonds. The van der Waals surface area contributed by atoms with Gasteiger partial charge in [-0.25, -0.2) is 19.0 Å². The zero-order chi connectivity index (χ0) is 22.3. The monoisotopic (exact) mass is 445 g/mol. The van der Waals surface area contributed by atoms with Gasteiger partial charge in [-0.15, -0.1) is 0 Å². The molecule has 1 unspecified atom stereocenters. The van der Waals surface area contributed by atoms with Gasteiger partial charge in [-0.3, -0.25) is 10.2 Å². The summed E-state index contributed by atoms with van der Waals surface area (Å²) >= 11 is 0. The Balaban J connectivity index is 0.00000480. The average Bonchev–Trinajstić information content (AvgIpc) is 2.71. The molecule has 2 rings (SSSR count). The normalized spacial score (nSPS) is 11.8. The quantitative estimate of drug-likeness (QED) is 0.407. The van der Waals surface area contributed by atoms with Gasteiger partial charge >= 0.3 is 41.6 Å². The van der Waals surface area contributed by atoms with Crippen molar-refractivity contribution in [2.75, 3.05) is 13.1 Å². The Kier molecular flexibility index (Phi) is 11.2. The standard InChI is InChI=1S/C21H28FN3O5.Na.H/c1-4-7-18(22)30-21(29)23-25(6-3)11-10-14-8-9-17-15(12-14)19(26)16(20(27)28)13-24(17)5-2;;/h8-9,12-13,18H,4-7,10-11H2,1-3H3,(H,23,29)(H,27,28);;/q;+1;-1. The Labute approximate surface area is 204 Å². The molecule has 0 aliphatic heterocycles. The van der Waals surface area contributed by atoms with Crippen LogP contribution in [0.1, 0.15) is 51.0 Å². The molecule has 1 atom stereocenters. The fourth-order valence-corrected chi connectivity index (χ4v) is 3.13. The Bertz CT molecular complexity index is 972. The summed E-state index contributed by atoms with van der Waals surface area (Å²) in [6.45, 7) is 6.90. The molecule has 0 aliphatic rings. The van der Waals surface area contributed by atoms with Crippen molar-refractivity contribution in [3.05, 3.63) is 45.7 Å². The van der Waals surface area contributed by atoms with E-state index in [1.165, 1.54) is 6.20 Å². The average molecular weight is 445 g/mol. The Morgan fingerprint density at radius 1 is 1.32 bits per heavy atom. The van der Waals surface area contributed by atoms with E-state index < -0.39 is 23.8 Å². The van der Waals surface area contributed by atoms with E-state index in [1.807, 2.05) is 19.9 Å². The molecule has 1 heterocycles. The molecule has 0 saturated heterocycles. The number of halogens is 1. The zero-order valence-electron chi connectivity index (χ0n) is 19.5. The van der Waals surface area contributed by atoms with Crippen molar-refractivity contribution in [1.82, 2.24) is 15.0 Å². The Morgan fingerprint density at radius 2 is 2.03 bits per heavy atom. The maximum atomic E-state index is 13.4. The van der Waals surface area contributed by atoms with Gasteiger partial charge in [-0.05, 0) is 37.5 Å². The number of aromatic carboxylic acids is 1. The van der Waals surface area contributed by atoms with E-state index in [1.54, 1.807) is 28.6 Å². The van der Waals surface area contributed by atoms with Crippen molar-refractivity contribution in [2.24, 2.45) is 0 Å². The van der Waals surface area contributed by atoms with Crippen molar-refractivity contribution < 1.29 is 54.8 Å². The summed E-state index contributed by atoms with van der Waals surface area (Å²) in [5.74, 6) is -1.26. The molecule has 8 nitrogen and oxygen atoms in total. The van der Waals surface area contributed by atoms with Gasteiger partial charge in [0, 0.05) is 37.6 Å². The molecule has 1 aromatic carbocycles. The minimum atomic E-state index is -1.64. The summed E-state index contributed by atoms with van der Waals surface area (Å²) in [4.78, 5) is 35.8. The van der Waals surface area contributed by atoms with Crippen molar-refractivity contribution in [3.8, 4) is 0 Å². The molecule has 0 spiro atoms. The summed E-state index contributed by atoms with van der Waals surface area (Å²) in [7, 11) is 0. The Morgan fingerprint density at radius 3 is 2.61 bits per heavy atom. The van der Waals surface area contributed by atoms with Gasteiger partial charge in [-0.2, -0.15) is 0 Å². The van der Waals surface area contributed by atoms with E-state index in [0.29, 0.717) is 43.4 Å². The van der Waals surface area contributed by atoms with Crippen LogP contribution < -0.4 is 40.4 Å². The molecule has 0 aliphatic carbocycles. The van der Waals surface area contributed by atoms with Crippen molar-refractivity contribution in [3.63, 3.8) is 0 Å². The number of hydrazine groups is 1. The number of carbonyl (C=O) groups is 2. The van der Waals surface area contributed by atoms with Crippen LogP contribution in [-0.4, -0.2) is 46.2 Å². The predicted molar refractivity (Wildman–Crippen MR) is 112 cm³/mol. The molecule has 2 aromatic rings. The van der Waals surface area contributed by atoms with Gasteiger partial charge in [0.1, 0.15) is 5.56 Å². The third-order valence-electron chi connectivity index (χ3n) is 4.77. The first kappa shape index (κ1) is 27.1. The number of amides is 1. The molecular weight excluding hydrogens is 416 g/mol. The minimum Gasteiger partial charge on any atom is -1.00 e. The van der Waals surface area contributed by atoms with E-state index >= 15 is 0 Å². The molecule has 10 heteroatoms. The second-order valence-corrected chi connectivity index (χ2v) is 6.86. The van der Waals surface area contributed by atoms with E-state index in [-0.39, 0.29) is 43.0 Å². The molecule has 0 bridgehead atoms. The first-order valence-corrected chi connectivity index (χ1v) is 10.1. The number of carboxylic acids is 1. The number of hydrogen-bond acceptors (Lipinski definition) is 5. The molecule has 166 valence electrons. The number of likely N-dealkylation sites (N-methyl/N-ethyl adjacent to an activating group) is 1. The van der Waals surface area contributed by atoms with Crippen LogP contribution in [0.5, 0.6) is 0 Å². The van der Waals surface area contributed by atoms with Crippen LogP contribution in [0.25, 0.3) is 10.9 Å². The third kappa shape index (κ3) is 7.31. The van der Waals surface area contributed by atoms with Crippen LogP contribution in [0.2, 0.25) is 0 Å². The SMILES string of the molecule is CCCC(F)OC(=O)NN(CC)CCc1ccc2c(c1)c(=O)c(C(=O)O)cn2CC.[H-].[Na+]. The predicted octanol–water partition coefficient (Wildman–Crippen LogP) is 0.437. The van der Waals surface area contributed by atoms with Crippen LogP contribution in [0.15, 0.2) is 29.2 Å². The second-order valence-electron chi connectivity index (χ2n) is 6.86. The number of carboxylic acid groups (broad SMARTS) is 1. The van der Waals surface area contributed by atoms with Crippen LogP contribution in [0.3, 0.4) is 0 Å². The van der Waals surface area contributed by atoms with Gasteiger partial charge in [0.2, 0.25) is 11.8 Å². The number of aryl methyl sites for hydroxylation is 1. The van der Waals surface area contributed by atoms with E-state index in [0.717, 1.165) is 5.56 Å². The summed E-state index contributed by atoms with van der Waals surface area (Å²) in [6, 6.07) is 5.33. The second kappa shape index (κ2) is 12.8. The minimum absolute atomic E-state index is 0. The van der Waals surface area contributed by atoms with Crippen LogP contribution in [0, 0.1) is 0 Å².